The largest absolute Gasteiger partial charge is 0.376 e. The van der Waals surface area contributed by atoms with E-state index in [1.807, 2.05) is 12.1 Å². The van der Waals surface area contributed by atoms with Gasteiger partial charge in [0.15, 0.2) is 0 Å². The zero-order valence-corrected chi connectivity index (χ0v) is 13.7. The summed E-state index contributed by atoms with van der Waals surface area (Å²) in [4.78, 5) is 19.2. The lowest BCUT2D eigenvalue weighted by molar-refractivity contribution is -0.0855. The molecule has 1 N–H and O–H groups in total. The molecule has 2 aliphatic rings. The normalized spacial score (nSPS) is 25.2. The Balaban J connectivity index is 1.65. The van der Waals surface area contributed by atoms with E-state index in [2.05, 4.69) is 22.1 Å². The molecule has 0 saturated carbocycles. The van der Waals surface area contributed by atoms with Crippen LogP contribution in [0, 0.1) is 5.92 Å². The molecule has 0 aromatic carbocycles. The maximum absolute atomic E-state index is 12.6. The first-order valence-electron chi connectivity index (χ1n) is 8.41. The fraction of sp³-hybridized carbons (Fsp3) is 0.647. The van der Waals surface area contributed by atoms with E-state index >= 15 is 0 Å². The predicted molar refractivity (Wildman–Crippen MR) is 87.7 cm³/mol. The van der Waals surface area contributed by atoms with E-state index in [1.54, 1.807) is 6.20 Å². The highest BCUT2D eigenvalue weighted by Gasteiger charge is 2.23. The van der Waals surface area contributed by atoms with Crippen molar-refractivity contribution in [2.24, 2.45) is 5.92 Å². The lowest BCUT2D eigenvalue weighted by Crippen LogP contribution is -2.41. The molecule has 3 rings (SSSR count). The van der Waals surface area contributed by atoms with Gasteiger partial charge in [-0.05, 0) is 30.9 Å². The number of anilines is 1. The van der Waals surface area contributed by atoms with E-state index in [0.29, 0.717) is 37.8 Å². The Morgan fingerprint density at radius 2 is 2.39 bits per heavy atom. The fourth-order valence-electron chi connectivity index (χ4n) is 3.16. The number of nitrogens with zero attached hydrogens (tertiary/aromatic N) is 2. The second-order valence-corrected chi connectivity index (χ2v) is 6.35. The topological polar surface area (TPSA) is 63.7 Å². The van der Waals surface area contributed by atoms with Crippen molar-refractivity contribution in [3.8, 4) is 0 Å². The summed E-state index contributed by atoms with van der Waals surface area (Å²) in [6, 6.07) is 3.65. The summed E-state index contributed by atoms with van der Waals surface area (Å²) in [6.45, 7) is 6.37. The van der Waals surface area contributed by atoms with Crippen LogP contribution < -0.4 is 10.2 Å². The fourth-order valence-corrected chi connectivity index (χ4v) is 3.16. The number of aromatic nitrogens is 1. The maximum atomic E-state index is 12.6. The van der Waals surface area contributed by atoms with Crippen molar-refractivity contribution < 1.29 is 14.3 Å². The molecule has 2 aliphatic heterocycles. The van der Waals surface area contributed by atoms with Gasteiger partial charge in [-0.2, -0.15) is 0 Å². The molecule has 1 aromatic heterocycles. The molecule has 2 unspecified atom stereocenters. The number of piperidine rings is 1. The Hall–Kier alpha value is -1.66. The van der Waals surface area contributed by atoms with Gasteiger partial charge in [-0.15, -0.1) is 0 Å². The third-order valence-corrected chi connectivity index (χ3v) is 4.36. The molecule has 2 saturated heterocycles. The third kappa shape index (κ3) is 4.20. The first-order chi connectivity index (χ1) is 11.2. The Bertz CT molecular complexity index is 532. The monoisotopic (exact) mass is 319 g/mol. The summed E-state index contributed by atoms with van der Waals surface area (Å²) in [5.74, 6) is 1.33. The van der Waals surface area contributed by atoms with E-state index in [-0.39, 0.29) is 12.0 Å². The van der Waals surface area contributed by atoms with Gasteiger partial charge in [-0.1, -0.05) is 6.92 Å². The van der Waals surface area contributed by atoms with Crippen molar-refractivity contribution in [2.45, 2.75) is 25.9 Å². The van der Waals surface area contributed by atoms with E-state index in [1.165, 1.54) is 6.42 Å². The summed E-state index contributed by atoms with van der Waals surface area (Å²) < 4.78 is 10.9. The average Bonchev–Trinajstić information content (AvgIpc) is 2.60. The quantitative estimate of drug-likeness (QED) is 0.910. The van der Waals surface area contributed by atoms with Gasteiger partial charge in [0.25, 0.3) is 5.91 Å². The molecule has 126 valence electrons. The first kappa shape index (κ1) is 16.2. The summed E-state index contributed by atoms with van der Waals surface area (Å²) in [5, 5.41) is 2.95. The molecular formula is C17H25N3O3. The van der Waals surface area contributed by atoms with Crippen molar-refractivity contribution in [3.63, 3.8) is 0 Å². The number of hydrogen-bond donors (Lipinski definition) is 1. The highest BCUT2D eigenvalue weighted by Crippen LogP contribution is 2.24. The molecule has 2 fully saturated rings. The molecule has 3 heterocycles. The van der Waals surface area contributed by atoms with Gasteiger partial charge in [0.2, 0.25) is 0 Å². The van der Waals surface area contributed by atoms with Gasteiger partial charge in [0.1, 0.15) is 5.82 Å². The van der Waals surface area contributed by atoms with Crippen LogP contribution in [0.15, 0.2) is 18.3 Å². The Morgan fingerprint density at radius 1 is 1.48 bits per heavy atom. The number of nitrogens with one attached hydrogen (secondary N) is 1. The van der Waals surface area contributed by atoms with E-state index in [0.717, 1.165) is 25.3 Å². The van der Waals surface area contributed by atoms with Crippen LogP contribution in [-0.2, 0) is 9.47 Å². The van der Waals surface area contributed by atoms with Crippen molar-refractivity contribution in [3.05, 3.63) is 23.9 Å². The van der Waals surface area contributed by atoms with Crippen LogP contribution >= 0.6 is 0 Å². The summed E-state index contributed by atoms with van der Waals surface area (Å²) >= 11 is 0. The molecule has 1 amide bonds. The minimum absolute atomic E-state index is 0.0668. The predicted octanol–water partition coefficient (Wildman–Crippen LogP) is 1.46. The van der Waals surface area contributed by atoms with Crippen LogP contribution in [0.1, 0.15) is 30.1 Å². The van der Waals surface area contributed by atoms with E-state index in [9.17, 15) is 4.79 Å². The Morgan fingerprint density at radius 3 is 3.17 bits per heavy atom. The molecule has 6 heteroatoms. The van der Waals surface area contributed by atoms with Crippen LogP contribution in [0.25, 0.3) is 0 Å². The molecule has 0 radical (unpaired) electrons. The summed E-state index contributed by atoms with van der Waals surface area (Å²) in [5.41, 5.74) is 0.637. The number of carbonyl (C=O) groups excluding carboxylic acids is 1. The minimum atomic E-state index is -0.0968. The van der Waals surface area contributed by atoms with Crippen LogP contribution in [0.2, 0.25) is 0 Å². The van der Waals surface area contributed by atoms with Gasteiger partial charge >= 0.3 is 0 Å². The van der Waals surface area contributed by atoms with E-state index < -0.39 is 0 Å². The number of amides is 1. The summed E-state index contributed by atoms with van der Waals surface area (Å²) in [6.07, 6.45) is 4.07. The summed E-state index contributed by atoms with van der Waals surface area (Å²) in [7, 11) is 0. The van der Waals surface area contributed by atoms with Crippen LogP contribution in [0.5, 0.6) is 0 Å². The average molecular weight is 319 g/mol. The molecule has 0 spiro atoms. The van der Waals surface area contributed by atoms with Gasteiger partial charge in [0, 0.05) is 25.8 Å². The molecule has 0 bridgehead atoms. The van der Waals surface area contributed by atoms with Crippen LogP contribution in [-0.4, -0.2) is 56.5 Å². The molecule has 2 atom stereocenters. The molecule has 6 nitrogen and oxygen atoms in total. The number of rotatable bonds is 4. The van der Waals surface area contributed by atoms with Gasteiger partial charge in [0.05, 0.1) is 31.5 Å². The number of ether oxygens (including phenoxy) is 2. The van der Waals surface area contributed by atoms with Gasteiger partial charge in [-0.3, -0.25) is 4.79 Å². The molecule has 0 aliphatic carbocycles. The highest BCUT2D eigenvalue weighted by atomic mass is 16.6. The standard InChI is InChI=1S/C17H25N3O3/c1-13-4-3-7-20(11-13)16-15(5-2-6-18-16)17(21)19-10-14-12-22-8-9-23-14/h2,5-6,13-14H,3-4,7-12H2,1H3,(H,19,21). The second-order valence-electron chi connectivity index (χ2n) is 6.35. The van der Waals surface area contributed by atoms with Crippen molar-refractivity contribution in [1.82, 2.24) is 10.3 Å². The number of pyridine rings is 1. The number of carbonyl (C=O) groups is 1. The number of hydrogen-bond acceptors (Lipinski definition) is 5. The van der Waals surface area contributed by atoms with Gasteiger partial charge < -0.3 is 19.7 Å². The lowest BCUT2D eigenvalue weighted by Gasteiger charge is -2.32. The van der Waals surface area contributed by atoms with E-state index in [4.69, 9.17) is 9.47 Å². The minimum Gasteiger partial charge on any atom is -0.376 e. The third-order valence-electron chi connectivity index (χ3n) is 4.36. The second kappa shape index (κ2) is 7.75. The highest BCUT2D eigenvalue weighted by molar-refractivity contribution is 5.98. The van der Waals surface area contributed by atoms with Crippen molar-refractivity contribution in [1.29, 1.82) is 0 Å². The van der Waals surface area contributed by atoms with Crippen molar-refractivity contribution >= 4 is 11.7 Å². The molecule has 23 heavy (non-hydrogen) atoms. The van der Waals surface area contributed by atoms with Gasteiger partial charge in [-0.25, -0.2) is 4.98 Å². The van der Waals surface area contributed by atoms with Crippen molar-refractivity contribution in [2.75, 3.05) is 44.4 Å². The zero-order chi connectivity index (χ0) is 16.1. The maximum Gasteiger partial charge on any atom is 0.255 e. The first-order valence-corrected chi connectivity index (χ1v) is 8.41. The zero-order valence-electron chi connectivity index (χ0n) is 13.7. The van der Waals surface area contributed by atoms with Crippen LogP contribution in [0.4, 0.5) is 5.82 Å². The SMILES string of the molecule is CC1CCCN(c2ncccc2C(=O)NCC2COCCO2)C1. The van der Waals surface area contributed by atoms with Crippen LogP contribution in [0.3, 0.4) is 0 Å². The Kier molecular flexibility index (Phi) is 5.46. The Labute approximate surface area is 137 Å². The molecular weight excluding hydrogens is 294 g/mol. The lowest BCUT2D eigenvalue weighted by atomic mass is 10.00. The smallest absolute Gasteiger partial charge is 0.255 e. The molecule has 1 aromatic rings.